The van der Waals surface area contributed by atoms with Gasteiger partial charge in [0, 0.05) is 68.7 Å². The first kappa shape index (κ1) is 52.1. The molecule has 4 aromatic carbocycles. The maximum atomic E-state index is 11.4. The third-order valence-electron chi connectivity index (χ3n) is 17.9. The number of hydrogen-bond donors (Lipinski definition) is 5. The number of rotatable bonds is 9. The van der Waals surface area contributed by atoms with E-state index >= 15 is 0 Å². The number of fused-ring (bicyclic) bond motifs is 18. The van der Waals surface area contributed by atoms with Crippen molar-refractivity contribution >= 4 is 27.8 Å². The molecule has 8 aliphatic rings. The Morgan fingerprint density at radius 2 is 1.09 bits per heavy atom. The van der Waals surface area contributed by atoms with Gasteiger partial charge in [-0.15, -0.1) is 0 Å². The highest BCUT2D eigenvalue weighted by Gasteiger charge is 2.58. The van der Waals surface area contributed by atoms with Gasteiger partial charge in [0.1, 0.15) is 48.3 Å². The number of ether oxygens (including phenoxy) is 6. The number of aliphatic hydroxyl groups excluding tert-OH is 2. The molecule has 0 amide bonds. The van der Waals surface area contributed by atoms with E-state index in [-0.39, 0.29) is 69.3 Å². The minimum Gasteiger partial charge on any atom is -0.507 e. The Balaban J connectivity index is 0.000000167. The van der Waals surface area contributed by atoms with Gasteiger partial charge in [-0.25, -0.2) is 12.5 Å². The Hall–Kier alpha value is -5.66. The zero-order chi connectivity index (χ0) is 56.6. The van der Waals surface area contributed by atoms with Crippen molar-refractivity contribution in [2.24, 2.45) is 0 Å². The zero-order valence-corrected chi connectivity index (χ0v) is 47.1. The summed E-state index contributed by atoms with van der Waals surface area (Å²) in [4.78, 5) is 8.90. The third-order valence-corrected chi connectivity index (χ3v) is 17.9. The lowest BCUT2D eigenvalue weighted by molar-refractivity contribution is -0.0825. The van der Waals surface area contributed by atoms with E-state index in [4.69, 9.17) is 36.3 Å². The first-order chi connectivity index (χ1) is 37.9. The van der Waals surface area contributed by atoms with E-state index < -0.39 is 24.2 Å². The van der Waals surface area contributed by atoms with Crippen molar-refractivity contribution < 1.29 is 48.8 Å². The van der Waals surface area contributed by atoms with E-state index in [0.29, 0.717) is 73.4 Å². The standard InChI is InChI=1S/2C29H33N3O5.BH4PS/c2*1-6-7-35-27-16(4)28-29(37-13-36-28)24-18(27)10-20-25-23-17(8-14(2)15(3)26(23)34)9-19(31(25)5)21(11-30)32(20)22(24)12-33;2-1-3/h2*6,8,19-22,25,33-34H,1,7,9-10,12-13H2,2-5H3;1,3H,2H2/t2*19-,20?,21-,22-,25-;/m00./s1/i33T;;1D. The van der Waals surface area contributed by atoms with E-state index in [1.165, 1.54) is 0 Å². The molecule has 16 nitrogen and oxygen atoms in total. The molecule has 2 saturated heterocycles. The highest BCUT2D eigenvalue weighted by Crippen LogP contribution is 2.60. The number of thiol groups is 1. The number of aliphatic hydroxyl groups is 2. The summed E-state index contributed by atoms with van der Waals surface area (Å²) in [6.07, 6.45) is 5.56. The van der Waals surface area contributed by atoms with Crippen molar-refractivity contribution in [1.29, 1.82) is 13.3 Å². The van der Waals surface area contributed by atoms with Crippen LogP contribution >= 0.6 is 21.6 Å². The lowest BCUT2D eigenvalue weighted by Gasteiger charge is -2.59. The van der Waals surface area contributed by atoms with Crippen LogP contribution in [0.3, 0.4) is 0 Å². The second-order valence-electron chi connectivity index (χ2n) is 21.4. The summed E-state index contributed by atoms with van der Waals surface area (Å²) in [5.74, 6) is 4.63. The Kier molecular flexibility index (Phi) is 14.6. The average molecular weight is 1090 g/mol. The molecule has 0 saturated carbocycles. The Labute approximate surface area is 462 Å². The molecule has 406 valence electrons. The number of aryl methyl sites for hydroxylation is 2. The van der Waals surface area contributed by atoms with Crippen LogP contribution in [0.5, 0.6) is 46.0 Å². The smallest absolute Gasteiger partial charge is 0.231 e. The molecule has 0 aromatic heterocycles. The van der Waals surface area contributed by atoms with Crippen LogP contribution in [-0.2, 0) is 25.7 Å². The fourth-order valence-electron chi connectivity index (χ4n) is 14.4. The molecule has 4 N–H and O–H groups in total. The van der Waals surface area contributed by atoms with Crippen molar-refractivity contribution in [3.05, 3.63) is 115 Å². The summed E-state index contributed by atoms with van der Waals surface area (Å²) in [6, 6.07) is 6.87. The van der Waals surface area contributed by atoms with Gasteiger partial charge in [0.05, 0.1) is 49.5 Å². The quantitative estimate of drug-likeness (QED) is 0.0507. The van der Waals surface area contributed by atoms with Crippen LogP contribution in [-0.4, -0.2) is 139 Å². The summed E-state index contributed by atoms with van der Waals surface area (Å²) in [7, 11) is 6.30. The topological polar surface area (TPSA) is 197 Å². The van der Waals surface area contributed by atoms with Crippen molar-refractivity contribution in [1.82, 2.24) is 19.6 Å². The Morgan fingerprint density at radius 3 is 1.45 bits per heavy atom. The summed E-state index contributed by atoms with van der Waals surface area (Å²) in [6.45, 7) is 20.2. The molecular formula is C58H70BN6O10PS. The van der Waals surface area contributed by atoms with E-state index in [2.05, 4.69) is 92.7 Å². The van der Waals surface area contributed by atoms with Gasteiger partial charge < -0.3 is 48.8 Å². The lowest BCUT2D eigenvalue weighted by atomic mass is 9.71. The molecular weight excluding hydrogens is 1010 g/mol. The molecule has 0 aliphatic carbocycles. The molecule has 19 heteroatoms. The highest BCUT2D eigenvalue weighted by molar-refractivity contribution is 8.20. The molecule has 4 aromatic rings. The SMILES string of the molecule is C=CCOc1c(C)c2c(c3c1CC1[C@H]4c5c(cc(C)c(C)c5O)C[C@@H]([C@H](C#N)N1[C@H]3CO)N4C)OCO2.[2H]B(P)S.[3H]OC[C@H]1c2c(c(OCC=C)c(C)c3c2OCO3)CC2[C@H]3c4c(cc(C)c(C)c4O)C[C@@H]([C@H](C#N)N21)N3C. The van der Waals surface area contributed by atoms with Crippen LogP contribution in [0.4, 0.5) is 0 Å². The maximum Gasteiger partial charge on any atom is 0.231 e. The number of benzene rings is 4. The van der Waals surface area contributed by atoms with Crippen LogP contribution < -0.4 is 28.4 Å². The molecule has 2 fully saturated rings. The molecule has 11 atom stereocenters. The van der Waals surface area contributed by atoms with Crippen molar-refractivity contribution in [2.45, 2.75) is 128 Å². The number of nitrogens with zero attached hydrogens (tertiary/aromatic N) is 6. The third kappa shape index (κ3) is 8.35. The number of hydrogen-bond acceptors (Lipinski definition) is 17. The second-order valence-corrected chi connectivity index (χ2v) is 22.6. The van der Waals surface area contributed by atoms with Crippen LogP contribution in [0, 0.1) is 64.2 Å². The minimum atomic E-state index is -0.477. The summed E-state index contributed by atoms with van der Waals surface area (Å²) in [5, 5.41) is 59.8. The van der Waals surface area contributed by atoms with Crippen molar-refractivity contribution in [3.63, 3.8) is 0 Å². The number of phenols is 2. The van der Waals surface area contributed by atoms with Gasteiger partial charge in [-0.3, -0.25) is 19.6 Å². The highest BCUT2D eigenvalue weighted by atomic mass is 32.1. The van der Waals surface area contributed by atoms with Crippen LogP contribution in [0.15, 0.2) is 37.4 Å². The summed E-state index contributed by atoms with van der Waals surface area (Å²) in [5.41, 5.74) is 13.3. The van der Waals surface area contributed by atoms with E-state index in [1.807, 2.05) is 41.5 Å². The van der Waals surface area contributed by atoms with Crippen molar-refractivity contribution in [2.75, 3.05) is 54.1 Å². The largest absolute Gasteiger partial charge is 0.507 e. The normalized spacial score (nSPS) is 27.1. The fourth-order valence-corrected chi connectivity index (χ4v) is 14.4. The number of aromatic hydroxyl groups is 2. The van der Waals surface area contributed by atoms with Gasteiger partial charge in [-0.1, -0.05) is 37.4 Å². The number of nitriles is 2. The van der Waals surface area contributed by atoms with Crippen LogP contribution in [0.2, 0.25) is 0 Å². The first-order valence-corrected chi connectivity index (χ1v) is 27.4. The van der Waals surface area contributed by atoms with E-state index in [9.17, 15) is 25.8 Å². The van der Waals surface area contributed by atoms with Crippen LogP contribution in [0.1, 0.15) is 102 Å². The summed E-state index contributed by atoms with van der Waals surface area (Å²) < 4.78 is 50.3. The van der Waals surface area contributed by atoms with Gasteiger partial charge in [-0.2, -0.15) is 19.6 Å². The predicted octanol–water partition coefficient (Wildman–Crippen LogP) is 6.81. The van der Waals surface area contributed by atoms with Crippen molar-refractivity contribution in [3.8, 4) is 58.1 Å². The number of likely N-dealkylation sites (N-methyl/N-ethyl adjacent to an activating group) is 2. The molecule has 12 rings (SSSR count). The number of piperazine rings is 2. The molecule has 77 heavy (non-hydrogen) atoms. The maximum absolute atomic E-state index is 11.4. The van der Waals surface area contributed by atoms with E-state index in [0.717, 1.165) is 89.4 Å². The molecule has 8 aliphatic heterocycles. The van der Waals surface area contributed by atoms with Gasteiger partial charge in [0.2, 0.25) is 21.3 Å². The predicted molar refractivity (Wildman–Crippen MR) is 300 cm³/mol. The molecule has 0 spiro atoms. The van der Waals surface area contributed by atoms with Gasteiger partial charge in [0.25, 0.3) is 0 Å². The summed E-state index contributed by atoms with van der Waals surface area (Å²) >= 11 is 3.60. The second kappa shape index (κ2) is 21.5. The fraction of sp³-hybridized carbons (Fsp3) is 0.483. The zero-order valence-electron chi connectivity index (χ0n) is 47.1. The van der Waals surface area contributed by atoms with E-state index in [1.54, 1.807) is 12.2 Å². The molecule has 3 unspecified atom stereocenters. The molecule has 8 heterocycles. The van der Waals surface area contributed by atoms with Gasteiger partial charge in [0.15, 0.2) is 23.0 Å². The van der Waals surface area contributed by atoms with Gasteiger partial charge in [-0.05, 0) is 116 Å². The first-order valence-electron chi connectivity index (χ1n) is 27.2. The molecule has 4 bridgehead atoms. The van der Waals surface area contributed by atoms with Gasteiger partial charge >= 0.3 is 0 Å². The number of phenolic OH excluding ortho intramolecular Hbond substituents is 2. The van der Waals surface area contributed by atoms with Crippen LogP contribution in [0.25, 0.3) is 0 Å². The monoisotopic (exact) mass is 1090 g/mol. The Bertz CT molecular complexity index is 3210. The minimum absolute atomic E-state index is 0.0519. The lowest BCUT2D eigenvalue weighted by Crippen LogP contribution is -2.68. The Morgan fingerprint density at radius 1 is 0.701 bits per heavy atom. The average Bonchev–Trinajstić information content (AvgIpc) is 4.31. The molecule has 0 radical (unpaired) electrons.